The molecule has 0 radical (unpaired) electrons. The van der Waals surface area contributed by atoms with Gasteiger partial charge in [0, 0.05) is 32.2 Å². The molecule has 0 N–H and O–H groups in total. The number of fused-ring (bicyclic) bond motifs is 4. The Labute approximate surface area is 262 Å². The molecule has 0 aliphatic heterocycles. The summed E-state index contributed by atoms with van der Waals surface area (Å²) >= 11 is 0. The SMILES string of the molecule is [2H]C([2H])([2H])c1cnc(-c2cccc3c2oc2c(-c4ccc5ccccc5c4)c(C#N)ccc23)cc1-c1c(C(C)C)cccc1C(C)C. The van der Waals surface area contributed by atoms with E-state index in [-0.39, 0.29) is 17.4 Å². The molecule has 0 aliphatic rings. The minimum atomic E-state index is -2.35. The number of nitriles is 1. The summed E-state index contributed by atoms with van der Waals surface area (Å²) in [7, 11) is 0. The van der Waals surface area contributed by atoms with Gasteiger partial charge in [-0.15, -0.1) is 0 Å². The molecule has 3 nitrogen and oxygen atoms in total. The van der Waals surface area contributed by atoms with E-state index in [4.69, 9.17) is 13.5 Å². The molecule has 3 heteroatoms. The number of benzene rings is 5. The zero-order chi connectivity index (χ0) is 33.0. The fourth-order valence-electron chi connectivity index (χ4n) is 6.46. The van der Waals surface area contributed by atoms with Crippen molar-refractivity contribution in [2.24, 2.45) is 0 Å². The predicted octanol–water partition coefficient (Wildman–Crippen LogP) is 11.6. The first-order chi connectivity index (χ1) is 22.6. The summed E-state index contributed by atoms with van der Waals surface area (Å²) in [5.41, 5.74) is 8.89. The van der Waals surface area contributed by atoms with Crippen LogP contribution in [0.15, 0.2) is 108 Å². The standard InChI is InChI=1S/C41H34N2O/c1-24(2)31-12-8-13-32(25(3)4)39(31)36-21-37(43-23-26(36)5)35-15-9-14-33-34-19-18-30(22-42)38(41(34)44-40(33)35)29-17-16-27-10-6-7-11-28(27)20-29/h6-21,23-25H,1-5H3/i5D3. The monoisotopic (exact) mass is 573 g/mol. The summed E-state index contributed by atoms with van der Waals surface area (Å²) < 4.78 is 32.1. The van der Waals surface area contributed by atoms with Crippen molar-refractivity contribution in [1.29, 1.82) is 5.26 Å². The number of nitrogens with zero attached hydrogens (tertiary/aromatic N) is 2. The molecular weight excluding hydrogens is 536 g/mol. The van der Waals surface area contributed by atoms with Crippen LogP contribution in [0.5, 0.6) is 0 Å². The van der Waals surface area contributed by atoms with Gasteiger partial charge in [0.1, 0.15) is 11.2 Å². The Hall–Kier alpha value is -5.20. The lowest BCUT2D eigenvalue weighted by molar-refractivity contribution is 0.670. The second-order valence-corrected chi connectivity index (χ2v) is 12.1. The van der Waals surface area contributed by atoms with Crippen LogP contribution in [-0.4, -0.2) is 4.98 Å². The Balaban J connectivity index is 1.50. The van der Waals surface area contributed by atoms with Crippen LogP contribution in [0.25, 0.3) is 66.2 Å². The van der Waals surface area contributed by atoms with Crippen LogP contribution < -0.4 is 0 Å². The lowest BCUT2D eigenvalue weighted by atomic mass is 9.83. The highest BCUT2D eigenvalue weighted by Gasteiger charge is 2.21. The van der Waals surface area contributed by atoms with Crippen LogP contribution >= 0.6 is 0 Å². The van der Waals surface area contributed by atoms with E-state index in [0.29, 0.717) is 28.0 Å². The molecule has 2 heterocycles. The maximum absolute atomic E-state index is 10.2. The normalized spacial score (nSPS) is 13.0. The molecule has 7 aromatic rings. The van der Waals surface area contributed by atoms with E-state index in [2.05, 4.69) is 76.2 Å². The van der Waals surface area contributed by atoms with Gasteiger partial charge in [0.15, 0.2) is 0 Å². The largest absolute Gasteiger partial charge is 0.455 e. The fourth-order valence-corrected chi connectivity index (χ4v) is 6.46. The number of para-hydroxylation sites is 1. The molecule has 0 aliphatic carbocycles. The molecule has 2 aromatic heterocycles. The molecular formula is C41H34N2O. The minimum Gasteiger partial charge on any atom is -0.455 e. The number of hydrogen-bond acceptors (Lipinski definition) is 3. The molecule has 214 valence electrons. The van der Waals surface area contributed by atoms with E-state index < -0.39 is 6.85 Å². The molecule has 0 saturated heterocycles. The Bertz CT molecular complexity index is 2350. The average Bonchev–Trinajstić information content (AvgIpc) is 3.45. The summed E-state index contributed by atoms with van der Waals surface area (Å²) in [6.07, 6.45) is 1.51. The third-order valence-corrected chi connectivity index (χ3v) is 8.65. The molecule has 0 unspecified atom stereocenters. The highest BCUT2D eigenvalue weighted by atomic mass is 16.3. The van der Waals surface area contributed by atoms with E-state index >= 15 is 0 Å². The van der Waals surface area contributed by atoms with Crippen molar-refractivity contribution in [3.8, 4) is 39.6 Å². The van der Waals surface area contributed by atoms with Crippen LogP contribution in [0, 0.1) is 18.2 Å². The summed E-state index contributed by atoms with van der Waals surface area (Å²) in [5, 5.41) is 14.2. The van der Waals surface area contributed by atoms with Crippen molar-refractivity contribution in [2.45, 2.75) is 46.4 Å². The van der Waals surface area contributed by atoms with Gasteiger partial charge in [-0.25, -0.2) is 0 Å². The maximum atomic E-state index is 10.2. The molecule has 0 fully saturated rings. The number of hydrogen-bond donors (Lipinski definition) is 0. The highest BCUT2D eigenvalue weighted by Crippen LogP contribution is 2.43. The number of aryl methyl sites for hydroxylation is 1. The van der Waals surface area contributed by atoms with Gasteiger partial charge in [0.05, 0.1) is 17.3 Å². The Morgan fingerprint density at radius 1 is 0.705 bits per heavy atom. The molecule has 5 aromatic carbocycles. The van der Waals surface area contributed by atoms with E-state index in [9.17, 15) is 5.26 Å². The van der Waals surface area contributed by atoms with Crippen molar-refractivity contribution in [1.82, 2.24) is 4.98 Å². The first-order valence-electron chi connectivity index (χ1n) is 16.6. The summed E-state index contributed by atoms with van der Waals surface area (Å²) in [6, 6.07) is 34.6. The van der Waals surface area contributed by atoms with Crippen molar-refractivity contribution in [2.75, 3.05) is 0 Å². The van der Waals surface area contributed by atoms with Gasteiger partial charge in [-0.1, -0.05) is 94.4 Å². The van der Waals surface area contributed by atoms with E-state index in [1.807, 2.05) is 54.6 Å². The molecule has 7 rings (SSSR count). The molecule has 0 atom stereocenters. The third kappa shape index (κ3) is 4.46. The van der Waals surface area contributed by atoms with Gasteiger partial charge in [-0.3, -0.25) is 4.98 Å². The summed E-state index contributed by atoms with van der Waals surface area (Å²) in [5.74, 6) is 0.373. The Kier molecular flexibility index (Phi) is 5.96. The zero-order valence-corrected chi connectivity index (χ0v) is 25.3. The minimum absolute atomic E-state index is 0.187. The molecule has 0 bridgehead atoms. The zero-order valence-electron chi connectivity index (χ0n) is 28.3. The summed E-state index contributed by atoms with van der Waals surface area (Å²) in [4.78, 5) is 4.75. The van der Waals surface area contributed by atoms with Gasteiger partial charge in [-0.2, -0.15) is 5.26 Å². The third-order valence-electron chi connectivity index (χ3n) is 8.65. The summed E-state index contributed by atoms with van der Waals surface area (Å²) in [6.45, 7) is 6.19. The number of aromatic nitrogens is 1. The second-order valence-electron chi connectivity index (χ2n) is 12.1. The van der Waals surface area contributed by atoms with Gasteiger partial charge in [-0.05, 0) is 93.2 Å². The second kappa shape index (κ2) is 10.8. The van der Waals surface area contributed by atoms with Gasteiger partial charge >= 0.3 is 0 Å². The lowest BCUT2D eigenvalue weighted by Gasteiger charge is -2.21. The molecule has 0 saturated carbocycles. The highest BCUT2D eigenvalue weighted by molar-refractivity contribution is 6.14. The molecule has 44 heavy (non-hydrogen) atoms. The smallest absolute Gasteiger partial charge is 0.144 e. The van der Waals surface area contributed by atoms with Crippen LogP contribution in [0.4, 0.5) is 0 Å². The predicted molar refractivity (Wildman–Crippen MR) is 183 cm³/mol. The van der Waals surface area contributed by atoms with Crippen molar-refractivity contribution >= 4 is 32.7 Å². The number of furan rings is 1. The molecule has 0 amide bonds. The van der Waals surface area contributed by atoms with Crippen LogP contribution in [0.3, 0.4) is 0 Å². The van der Waals surface area contributed by atoms with Crippen LogP contribution in [0.2, 0.25) is 0 Å². The van der Waals surface area contributed by atoms with E-state index in [1.165, 1.54) is 6.20 Å². The topological polar surface area (TPSA) is 49.8 Å². The van der Waals surface area contributed by atoms with Gasteiger partial charge < -0.3 is 4.42 Å². The number of pyridine rings is 1. The first-order valence-corrected chi connectivity index (χ1v) is 15.1. The fraction of sp³-hybridized carbons (Fsp3) is 0.171. The van der Waals surface area contributed by atoms with Crippen molar-refractivity contribution < 1.29 is 8.53 Å². The van der Waals surface area contributed by atoms with Crippen LogP contribution in [0.1, 0.15) is 65.9 Å². The quantitative estimate of drug-likeness (QED) is 0.206. The van der Waals surface area contributed by atoms with Crippen molar-refractivity contribution in [3.05, 3.63) is 126 Å². The number of rotatable bonds is 5. The van der Waals surface area contributed by atoms with Gasteiger partial charge in [0.25, 0.3) is 0 Å². The van der Waals surface area contributed by atoms with Crippen molar-refractivity contribution in [3.63, 3.8) is 0 Å². The first kappa shape index (κ1) is 24.3. The Morgan fingerprint density at radius 2 is 1.43 bits per heavy atom. The Morgan fingerprint density at radius 3 is 2.16 bits per heavy atom. The average molecular weight is 574 g/mol. The van der Waals surface area contributed by atoms with E-state index in [0.717, 1.165) is 54.9 Å². The lowest BCUT2D eigenvalue weighted by Crippen LogP contribution is -2.01. The molecule has 0 spiro atoms. The van der Waals surface area contributed by atoms with Crippen LogP contribution in [-0.2, 0) is 0 Å². The van der Waals surface area contributed by atoms with E-state index in [1.54, 1.807) is 0 Å². The maximum Gasteiger partial charge on any atom is 0.144 e. The van der Waals surface area contributed by atoms with Gasteiger partial charge in [0.2, 0.25) is 0 Å².